The van der Waals surface area contributed by atoms with Crippen molar-refractivity contribution in [3.63, 3.8) is 0 Å². The summed E-state index contributed by atoms with van der Waals surface area (Å²) in [5, 5.41) is 2.97. The fourth-order valence-electron chi connectivity index (χ4n) is 3.11. The average molecular weight is 387 g/mol. The number of amides is 2. The maximum Gasteiger partial charge on any atom is 0.247 e. The van der Waals surface area contributed by atoms with Crippen molar-refractivity contribution in [2.24, 2.45) is 0 Å². The summed E-state index contributed by atoms with van der Waals surface area (Å²) in [6.07, 6.45) is 0.782. The smallest absolute Gasteiger partial charge is 0.247 e. The van der Waals surface area contributed by atoms with Crippen LogP contribution in [0.2, 0.25) is 0 Å². The van der Waals surface area contributed by atoms with E-state index in [9.17, 15) is 9.59 Å². The van der Waals surface area contributed by atoms with Crippen molar-refractivity contribution in [3.8, 4) is 0 Å². The largest absolute Gasteiger partial charge is 0.350 e. The summed E-state index contributed by atoms with van der Waals surface area (Å²) in [6, 6.07) is 15.1. The van der Waals surface area contributed by atoms with Crippen LogP contribution in [0.1, 0.15) is 29.7 Å². The van der Waals surface area contributed by atoms with Crippen LogP contribution in [0.25, 0.3) is 0 Å². The molecule has 2 amide bonds. The van der Waals surface area contributed by atoms with Crippen molar-refractivity contribution in [3.05, 3.63) is 69.7 Å². The second-order valence-corrected chi connectivity index (χ2v) is 6.73. The molecule has 2 aromatic rings. The van der Waals surface area contributed by atoms with E-state index in [2.05, 4.69) is 21.2 Å². The van der Waals surface area contributed by atoms with E-state index in [-0.39, 0.29) is 11.8 Å². The first-order valence-electron chi connectivity index (χ1n) is 7.94. The standard InChI is InChI=1S/C19H19BrN2O2/c1-13(23)22-11-10-14-6-2-4-8-16(14)18(22)19(24)21-12-15-7-3-5-9-17(15)20/h2-9,18H,10-12H2,1H3,(H,21,24)/t18-/m0/s1. The number of hydrogen-bond acceptors (Lipinski definition) is 2. The van der Waals surface area contributed by atoms with E-state index in [0.717, 1.165) is 27.6 Å². The second-order valence-electron chi connectivity index (χ2n) is 5.87. The van der Waals surface area contributed by atoms with Gasteiger partial charge in [0.15, 0.2) is 0 Å². The fraction of sp³-hybridized carbons (Fsp3) is 0.263. The summed E-state index contributed by atoms with van der Waals surface area (Å²) in [6.45, 7) is 2.51. The molecule has 0 bridgehead atoms. The third kappa shape index (κ3) is 3.36. The van der Waals surface area contributed by atoms with Gasteiger partial charge in [0.1, 0.15) is 6.04 Å². The molecule has 0 radical (unpaired) electrons. The molecule has 5 heteroatoms. The number of fused-ring (bicyclic) bond motifs is 1. The molecule has 124 valence electrons. The Kier molecular flexibility index (Phi) is 5.00. The topological polar surface area (TPSA) is 49.4 Å². The number of rotatable bonds is 3. The first kappa shape index (κ1) is 16.7. The molecule has 1 atom stereocenters. The van der Waals surface area contributed by atoms with E-state index in [1.165, 1.54) is 6.92 Å². The number of nitrogens with one attached hydrogen (secondary N) is 1. The lowest BCUT2D eigenvalue weighted by Gasteiger charge is -2.35. The average Bonchev–Trinajstić information content (AvgIpc) is 2.59. The Morgan fingerprint density at radius 2 is 1.88 bits per heavy atom. The highest BCUT2D eigenvalue weighted by molar-refractivity contribution is 9.10. The molecule has 0 saturated heterocycles. The zero-order valence-corrected chi connectivity index (χ0v) is 15.0. The maximum atomic E-state index is 12.8. The van der Waals surface area contributed by atoms with Gasteiger partial charge in [0.05, 0.1) is 0 Å². The highest BCUT2D eigenvalue weighted by Crippen LogP contribution is 2.30. The second kappa shape index (κ2) is 7.18. The number of carbonyl (C=O) groups is 2. The molecule has 2 aromatic carbocycles. The fourth-order valence-corrected chi connectivity index (χ4v) is 3.53. The highest BCUT2D eigenvalue weighted by atomic mass is 79.9. The van der Waals surface area contributed by atoms with Crippen LogP contribution in [-0.2, 0) is 22.6 Å². The van der Waals surface area contributed by atoms with Gasteiger partial charge in [-0.3, -0.25) is 9.59 Å². The van der Waals surface area contributed by atoms with E-state index in [1.807, 2.05) is 48.5 Å². The van der Waals surface area contributed by atoms with Crippen LogP contribution >= 0.6 is 15.9 Å². The van der Waals surface area contributed by atoms with Gasteiger partial charge in [0.25, 0.3) is 0 Å². The number of benzene rings is 2. The minimum absolute atomic E-state index is 0.0782. The quantitative estimate of drug-likeness (QED) is 0.880. The molecule has 1 aliphatic rings. The molecule has 1 N–H and O–H groups in total. The molecule has 1 aliphatic heterocycles. The van der Waals surface area contributed by atoms with Crippen molar-refractivity contribution in [2.45, 2.75) is 25.9 Å². The summed E-state index contributed by atoms with van der Waals surface area (Å²) in [7, 11) is 0. The summed E-state index contributed by atoms with van der Waals surface area (Å²) in [5.74, 6) is -0.223. The van der Waals surface area contributed by atoms with Crippen LogP contribution in [0.15, 0.2) is 53.0 Å². The number of halogens is 1. The van der Waals surface area contributed by atoms with Crippen molar-refractivity contribution in [2.75, 3.05) is 6.54 Å². The Bertz CT molecular complexity index is 775. The van der Waals surface area contributed by atoms with E-state index < -0.39 is 6.04 Å². The van der Waals surface area contributed by atoms with Gasteiger partial charge in [0.2, 0.25) is 11.8 Å². The molecule has 0 saturated carbocycles. The normalized spacial score (nSPS) is 16.4. The molecule has 0 aliphatic carbocycles. The molecule has 0 unspecified atom stereocenters. The van der Waals surface area contributed by atoms with Crippen molar-refractivity contribution < 1.29 is 9.59 Å². The molecule has 3 rings (SSSR count). The van der Waals surface area contributed by atoms with Gasteiger partial charge < -0.3 is 10.2 Å². The van der Waals surface area contributed by atoms with Crippen molar-refractivity contribution in [1.29, 1.82) is 0 Å². The van der Waals surface area contributed by atoms with Crippen LogP contribution in [-0.4, -0.2) is 23.3 Å². The van der Waals surface area contributed by atoms with Gasteiger partial charge in [-0.2, -0.15) is 0 Å². The SMILES string of the molecule is CC(=O)N1CCc2ccccc2[C@H]1C(=O)NCc1ccccc1Br. The van der Waals surface area contributed by atoms with Crippen LogP contribution in [0.5, 0.6) is 0 Å². The Hall–Kier alpha value is -2.14. The lowest BCUT2D eigenvalue weighted by molar-refractivity contribution is -0.139. The third-order valence-electron chi connectivity index (χ3n) is 4.35. The lowest BCUT2D eigenvalue weighted by Crippen LogP contribution is -2.46. The van der Waals surface area contributed by atoms with Crippen LogP contribution in [0.4, 0.5) is 0 Å². The molecule has 0 aromatic heterocycles. The summed E-state index contributed by atoms with van der Waals surface area (Å²) >= 11 is 3.49. The Morgan fingerprint density at radius 1 is 1.17 bits per heavy atom. The van der Waals surface area contributed by atoms with Gasteiger partial charge in [-0.25, -0.2) is 0 Å². The van der Waals surface area contributed by atoms with Gasteiger partial charge in [-0.15, -0.1) is 0 Å². The Balaban J connectivity index is 1.83. The maximum absolute atomic E-state index is 12.8. The van der Waals surface area contributed by atoms with Crippen LogP contribution in [0, 0.1) is 0 Å². The molecule has 24 heavy (non-hydrogen) atoms. The van der Waals surface area contributed by atoms with E-state index in [4.69, 9.17) is 0 Å². The third-order valence-corrected chi connectivity index (χ3v) is 5.12. The molecule has 0 spiro atoms. The lowest BCUT2D eigenvalue weighted by atomic mass is 9.92. The highest BCUT2D eigenvalue weighted by Gasteiger charge is 2.34. The van der Waals surface area contributed by atoms with E-state index in [0.29, 0.717) is 13.1 Å². The summed E-state index contributed by atoms with van der Waals surface area (Å²) < 4.78 is 0.956. The first-order valence-corrected chi connectivity index (χ1v) is 8.73. The monoisotopic (exact) mass is 386 g/mol. The van der Waals surface area contributed by atoms with Crippen molar-refractivity contribution in [1.82, 2.24) is 10.2 Å². The van der Waals surface area contributed by atoms with Crippen LogP contribution < -0.4 is 5.32 Å². The Labute approximate surface area is 150 Å². The minimum Gasteiger partial charge on any atom is -0.350 e. The van der Waals surface area contributed by atoms with Crippen molar-refractivity contribution >= 4 is 27.7 Å². The summed E-state index contributed by atoms with van der Waals surface area (Å²) in [4.78, 5) is 26.5. The molecule has 4 nitrogen and oxygen atoms in total. The summed E-state index contributed by atoms with van der Waals surface area (Å²) in [5.41, 5.74) is 3.06. The van der Waals surface area contributed by atoms with Crippen LogP contribution in [0.3, 0.4) is 0 Å². The van der Waals surface area contributed by atoms with Gasteiger partial charge in [-0.05, 0) is 29.2 Å². The molecule has 1 heterocycles. The predicted octanol–water partition coefficient (Wildman–Crippen LogP) is 3.21. The van der Waals surface area contributed by atoms with E-state index in [1.54, 1.807) is 4.90 Å². The van der Waals surface area contributed by atoms with E-state index >= 15 is 0 Å². The predicted molar refractivity (Wildman–Crippen MR) is 96.3 cm³/mol. The number of carbonyl (C=O) groups excluding carboxylic acids is 2. The zero-order chi connectivity index (χ0) is 17.1. The first-order chi connectivity index (χ1) is 11.6. The minimum atomic E-state index is -0.560. The number of nitrogens with zero attached hydrogens (tertiary/aromatic N) is 1. The number of hydrogen-bond donors (Lipinski definition) is 1. The zero-order valence-electron chi connectivity index (χ0n) is 13.5. The Morgan fingerprint density at radius 3 is 2.62 bits per heavy atom. The molecule has 0 fully saturated rings. The molecular weight excluding hydrogens is 368 g/mol. The van der Waals surface area contributed by atoms with Gasteiger partial charge in [-0.1, -0.05) is 58.4 Å². The van der Waals surface area contributed by atoms with Gasteiger partial charge in [0, 0.05) is 24.5 Å². The molecular formula is C19H19BrN2O2. The van der Waals surface area contributed by atoms with Gasteiger partial charge >= 0.3 is 0 Å².